The smallest absolute Gasteiger partial charge is 0.312 e. The summed E-state index contributed by atoms with van der Waals surface area (Å²) in [6.45, 7) is 3.56. The van der Waals surface area contributed by atoms with Crippen molar-refractivity contribution in [2.75, 3.05) is 6.54 Å². The zero-order chi connectivity index (χ0) is 18.4. The largest absolute Gasteiger partial charge is 0.481 e. The van der Waals surface area contributed by atoms with Crippen LogP contribution in [0, 0.1) is 19.3 Å². The van der Waals surface area contributed by atoms with Gasteiger partial charge in [0.25, 0.3) is 0 Å². The maximum absolute atomic E-state index is 13.1. The Kier molecular flexibility index (Phi) is 4.21. The molecule has 1 saturated carbocycles. The van der Waals surface area contributed by atoms with Crippen LogP contribution in [0.3, 0.4) is 0 Å². The molecule has 0 aromatic heterocycles. The first-order valence-electron chi connectivity index (χ1n) is 8.05. The normalized spacial score (nSPS) is 25.6. The van der Waals surface area contributed by atoms with Crippen molar-refractivity contribution in [2.24, 2.45) is 11.1 Å². The molecule has 3 atom stereocenters. The SMILES string of the molecule is Cc1ccc(C2C(S(=O)(=O)c3ccc(C)cc3)C2(CN)C(=O)O)cc1. The quantitative estimate of drug-likeness (QED) is 0.853. The van der Waals surface area contributed by atoms with Gasteiger partial charge in [-0.1, -0.05) is 47.5 Å². The summed E-state index contributed by atoms with van der Waals surface area (Å²) < 4.78 is 26.2. The zero-order valence-electron chi connectivity index (χ0n) is 14.1. The molecule has 0 amide bonds. The molecule has 0 saturated heterocycles. The van der Waals surface area contributed by atoms with E-state index in [0.717, 1.165) is 11.1 Å². The fraction of sp³-hybridized carbons (Fsp3) is 0.316. The number of nitrogens with two attached hydrogens (primary N) is 1. The Morgan fingerprint density at radius 3 is 1.96 bits per heavy atom. The number of benzene rings is 2. The van der Waals surface area contributed by atoms with Crippen LogP contribution in [0.5, 0.6) is 0 Å². The summed E-state index contributed by atoms with van der Waals surface area (Å²) in [5.41, 5.74) is 6.94. The summed E-state index contributed by atoms with van der Waals surface area (Å²) in [5, 5.41) is 8.71. The van der Waals surface area contributed by atoms with Crippen LogP contribution in [0.4, 0.5) is 0 Å². The van der Waals surface area contributed by atoms with Gasteiger partial charge in [0.2, 0.25) is 0 Å². The van der Waals surface area contributed by atoms with E-state index >= 15 is 0 Å². The van der Waals surface area contributed by atoms with Crippen molar-refractivity contribution < 1.29 is 18.3 Å². The molecule has 3 N–H and O–H groups in total. The topological polar surface area (TPSA) is 97.5 Å². The Labute approximate surface area is 147 Å². The first kappa shape index (κ1) is 17.6. The second-order valence-corrected chi connectivity index (χ2v) is 8.79. The fourth-order valence-electron chi connectivity index (χ4n) is 3.57. The predicted octanol–water partition coefficient (Wildman–Crippen LogP) is 2.27. The first-order valence-corrected chi connectivity index (χ1v) is 9.60. The van der Waals surface area contributed by atoms with E-state index in [2.05, 4.69) is 0 Å². The van der Waals surface area contributed by atoms with E-state index in [4.69, 9.17) is 5.73 Å². The highest BCUT2D eigenvalue weighted by atomic mass is 32.2. The fourth-order valence-corrected chi connectivity index (χ4v) is 5.95. The summed E-state index contributed by atoms with van der Waals surface area (Å²) in [4.78, 5) is 12.1. The summed E-state index contributed by atoms with van der Waals surface area (Å²) in [6, 6.07) is 13.8. The van der Waals surface area contributed by atoms with Gasteiger partial charge >= 0.3 is 5.97 Å². The number of aliphatic carboxylic acids is 1. The molecule has 3 unspecified atom stereocenters. The van der Waals surface area contributed by atoms with Crippen LogP contribution < -0.4 is 5.73 Å². The molecule has 25 heavy (non-hydrogen) atoms. The van der Waals surface area contributed by atoms with Crippen LogP contribution in [-0.2, 0) is 14.6 Å². The Balaban J connectivity index is 2.10. The van der Waals surface area contributed by atoms with Gasteiger partial charge in [0.15, 0.2) is 9.84 Å². The average molecular weight is 359 g/mol. The first-order chi connectivity index (χ1) is 11.7. The van der Waals surface area contributed by atoms with E-state index in [1.54, 1.807) is 24.3 Å². The molecule has 1 aliphatic rings. The second kappa shape index (κ2) is 5.97. The van der Waals surface area contributed by atoms with Gasteiger partial charge in [0.05, 0.1) is 10.1 Å². The van der Waals surface area contributed by atoms with Gasteiger partial charge in [-0.25, -0.2) is 8.42 Å². The van der Waals surface area contributed by atoms with Crippen molar-refractivity contribution >= 4 is 15.8 Å². The number of carboxylic acids is 1. The maximum atomic E-state index is 13.1. The van der Waals surface area contributed by atoms with Gasteiger partial charge in [-0.05, 0) is 31.5 Å². The molecule has 132 valence electrons. The third-order valence-corrected chi connectivity index (χ3v) is 7.40. The van der Waals surface area contributed by atoms with Crippen molar-refractivity contribution in [1.29, 1.82) is 0 Å². The van der Waals surface area contributed by atoms with E-state index in [0.29, 0.717) is 5.56 Å². The molecule has 2 aromatic rings. The van der Waals surface area contributed by atoms with Crippen molar-refractivity contribution in [3.05, 3.63) is 65.2 Å². The number of hydrogen-bond acceptors (Lipinski definition) is 4. The van der Waals surface area contributed by atoms with Gasteiger partial charge in [-0.2, -0.15) is 0 Å². The van der Waals surface area contributed by atoms with Crippen LogP contribution in [0.2, 0.25) is 0 Å². The molecule has 1 aliphatic carbocycles. The Morgan fingerprint density at radius 2 is 1.52 bits per heavy atom. The van der Waals surface area contributed by atoms with E-state index in [9.17, 15) is 18.3 Å². The Bertz CT molecular complexity index is 903. The second-order valence-electron chi connectivity index (χ2n) is 6.72. The van der Waals surface area contributed by atoms with E-state index in [-0.39, 0.29) is 11.4 Å². The van der Waals surface area contributed by atoms with Gasteiger partial charge in [0.1, 0.15) is 5.41 Å². The van der Waals surface area contributed by atoms with E-state index in [1.807, 2.05) is 26.0 Å². The molecule has 2 aromatic carbocycles. The highest BCUT2D eigenvalue weighted by Gasteiger charge is 2.75. The number of rotatable bonds is 5. The lowest BCUT2D eigenvalue weighted by Gasteiger charge is -2.10. The predicted molar refractivity (Wildman–Crippen MR) is 95.2 cm³/mol. The molecule has 6 heteroatoms. The monoisotopic (exact) mass is 359 g/mol. The molecule has 0 aliphatic heterocycles. The highest BCUT2D eigenvalue weighted by molar-refractivity contribution is 7.92. The number of carbonyl (C=O) groups is 1. The van der Waals surface area contributed by atoms with Crippen LogP contribution in [-0.4, -0.2) is 31.3 Å². The summed E-state index contributed by atoms with van der Waals surface area (Å²) in [6.07, 6.45) is 0. The Morgan fingerprint density at radius 1 is 1.04 bits per heavy atom. The molecule has 0 spiro atoms. The van der Waals surface area contributed by atoms with Gasteiger partial charge in [-0.15, -0.1) is 0 Å². The number of hydrogen-bond donors (Lipinski definition) is 2. The molecule has 5 nitrogen and oxygen atoms in total. The zero-order valence-corrected chi connectivity index (χ0v) is 15.0. The van der Waals surface area contributed by atoms with Crippen LogP contribution in [0.1, 0.15) is 22.6 Å². The molecule has 1 fully saturated rings. The minimum atomic E-state index is -3.82. The van der Waals surface area contributed by atoms with Gasteiger partial charge in [0, 0.05) is 12.5 Å². The number of carboxylic acid groups (broad SMARTS) is 1. The Hall–Kier alpha value is -2.18. The molecule has 3 rings (SSSR count). The molecular weight excluding hydrogens is 338 g/mol. The number of sulfone groups is 1. The third-order valence-electron chi connectivity index (χ3n) is 5.11. The standard InChI is InChI=1S/C19H21NO4S/c1-12-3-7-14(8-4-12)16-17(19(16,11-20)18(21)22)25(23,24)15-9-5-13(2)6-10-15/h3-10,16-17H,11,20H2,1-2H3,(H,21,22). The van der Waals surface area contributed by atoms with Crippen LogP contribution >= 0.6 is 0 Å². The molecular formula is C19H21NO4S. The average Bonchev–Trinajstić information content (AvgIpc) is 3.27. The van der Waals surface area contributed by atoms with Crippen LogP contribution in [0.25, 0.3) is 0 Å². The molecule has 0 radical (unpaired) electrons. The van der Waals surface area contributed by atoms with Gasteiger partial charge in [-0.3, -0.25) is 4.79 Å². The highest BCUT2D eigenvalue weighted by Crippen LogP contribution is 2.63. The number of aryl methyl sites for hydroxylation is 2. The van der Waals surface area contributed by atoms with Crippen molar-refractivity contribution in [2.45, 2.75) is 29.9 Å². The molecule has 0 heterocycles. The minimum absolute atomic E-state index is 0.136. The summed E-state index contributed by atoms with van der Waals surface area (Å²) >= 11 is 0. The summed E-state index contributed by atoms with van der Waals surface area (Å²) in [5.74, 6) is -1.82. The van der Waals surface area contributed by atoms with Crippen LogP contribution in [0.15, 0.2) is 53.4 Å². The minimum Gasteiger partial charge on any atom is -0.481 e. The van der Waals surface area contributed by atoms with E-state index in [1.165, 1.54) is 12.1 Å². The van der Waals surface area contributed by atoms with Crippen molar-refractivity contribution in [3.8, 4) is 0 Å². The maximum Gasteiger partial charge on any atom is 0.312 e. The lowest BCUT2D eigenvalue weighted by Crippen LogP contribution is -2.31. The lowest BCUT2D eigenvalue weighted by atomic mass is 9.99. The molecule has 0 bridgehead atoms. The van der Waals surface area contributed by atoms with Crippen molar-refractivity contribution in [3.63, 3.8) is 0 Å². The van der Waals surface area contributed by atoms with E-state index < -0.39 is 32.4 Å². The van der Waals surface area contributed by atoms with Crippen molar-refractivity contribution in [1.82, 2.24) is 0 Å². The van der Waals surface area contributed by atoms with Gasteiger partial charge < -0.3 is 10.8 Å². The lowest BCUT2D eigenvalue weighted by molar-refractivity contribution is -0.143. The third kappa shape index (κ3) is 2.65. The summed E-state index contributed by atoms with van der Waals surface area (Å²) in [7, 11) is -3.82.